The maximum atomic E-state index is 13.7. The molecule has 0 aliphatic carbocycles. The van der Waals surface area contributed by atoms with Gasteiger partial charge in [0.15, 0.2) is 0 Å². The van der Waals surface area contributed by atoms with E-state index in [9.17, 15) is 4.39 Å². The zero-order valence-electron chi connectivity index (χ0n) is 10.4. The van der Waals surface area contributed by atoms with Crippen LogP contribution in [0.2, 0.25) is 5.02 Å². The summed E-state index contributed by atoms with van der Waals surface area (Å²) in [6.07, 6.45) is 6.73. The van der Waals surface area contributed by atoms with Crippen molar-refractivity contribution in [3.05, 3.63) is 52.8 Å². The largest absolute Gasteiger partial charge is 0.330 e. The fraction of sp³-hybridized carbons (Fsp3) is 0.357. The van der Waals surface area contributed by atoms with Crippen LogP contribution in [0.5, 0.6) is 0 Å². The number of benzene rings is 1. The molecule has 4 heteroatoms. The molecule has 0 aliphatic heterocycles. The van der Waals surface area contributed by atoms with Gasteiger partial charge in [-0.2, -0.15) is 0 Å². The highest BCUT2D eigenvalue weighted by molar-refractivity contribution is 6.31. The lowest BCUT2D eigenvalue weighted by Crippen LogP contribution is -2.06. The number of aryl methyl sites for hydroxylation is 1. The minimum Gasteiger partial charge on any atom is -0.330 e. The number of aromatic nitrogens is 2. The third kappa shape index (κ3) is 2.91. The summed E-state index contributed by atoms with van der Waals surface area (Å²) in [7, 11) is 0. The van der Waals surface area contributed by atoms with E-state index in [-0.39, 0.29) is 5.82 Å². The SMILES string of the molecule is CCCCc1nccn1Cc1c(F)cccc1Cl. The normalized spacial score (nSPS) is 10.8. The van der Waals surface area contributed by atoms with Crippen molar-refractivity contribution in [2.75, 3.05) is 0 Å². The van der Waals surface area contributed by atoms with E-state index in [1.165, 1.54) is 6.07 Å². The van der Waals surface area contributed by atoms with Crippen LogP contribution < -0.4 is 0 Å². The van der Waals surface area contributed by atoms with E-state index in [0.717, 1.165) is 25.1 Å². The zero-order valence-corrected chi connectivity index (χ0v) is 11.1. The molecule has 96 valence electrons. The van der Waals surface area contributed by atoms with Gasteiger partial charge in [0.1, 0.15) is 11.6 Å². The van der Waals surface area contributed by atoms with Gasteiger partial charge in [0.2, 0.25) is 0 Å². The number of hydrogen-bond acceptors (Lipinski definition) is 1. The molecule has 1 heterocycles. The third-order valence-corrected chi connectivity index (χ3v) is 3.30. The van der Waals surface area contributed by atoms with E-state index in [2.05, 4.69) is 11.9 Å². The molecule has 0 N–H and O–H groups in total. The maximum absolute atomic E-state index is 13.7. The number of halogens is 2. The van der Waals surface area contributed by atoms with Crippen LogP contribution in [0.4, 0.5) is 4.39 Å². The van der Waals surface area contributed by atoms with Crippen LogP contribution in [0.15, 0.2) is 30.6 Å². The monoisotopic (exact) mass is 266 g/mol. The molecule has 0 bridgehead atoms. The summed E-state index contributed by atoms with van der Waals surface area (Å²) < 4.78 is 15.7. The van der Waals surface area contributed by atoms with Crippen molar-refractivity contribution < 1.29 is 4.39 Å². The molecule has 0 amide bonds. The summed E-state index contributed by atoms with van der Waals surface area (Å²) >= 11 is 6.03. The van der Waals surface area contributed by atoms with Gasteiger partial charge >= 0.3 is 0 Å². The Hall–Kier alpha value is -1.35. The summed E-state index contributed by atoms with van der Waals surface area (Å²) in [5.74, 6) is 0.716. The van der Waals surface area contributed by atoms with Gasteiger partial charge in [-0.05, 0) is 18.6 Å². The first-order valence-corrected chi connectivity index (χ1v) is 6.53. The Morgan fingerprint density at radius 3 is 2.94 bits per heavy atom. The van der Waals surface area contributed by atoms with Crippen molar-refractivity contribution >= 4 is 11.6 Å². The Kier molecular flexibility index (Phi) is 4.37. The van der Waals surface area contributed by atoms with Gasteiger partial charge < -0.3 is 4.57 Å². The Bertz CT molecular complexity index is 502. The van der Waals surface area contributed by atoms with Crippen molar-refractivity contribution in [2.24, 2.45) is 0 Å². The van der Waals surface area contributed by atoms with Crippen molar-refractivity contribution in [3.8, 4) is 0 Å². The van der Waals surface area contributed by atoms with Crippen LogP contribution in [0, 0.1) is 5.82 Å². The Morgan fingerprint density at radius 2 is 2.22 bits per heavy atom. The van der Waals surface area contributed by atoms with Crippen LogP contribution in [0.25, 0.3) is 0 Å². The van der Waals surface area contributed by atoms with E-state index in [1.54, 1.807) is 18.3 Å². The van der Waals surface area contributed by atoms with Crippen LogP contribution in [0.1, 0.15) is 31.2 Å². The van der Waals surface area contributed by atoms with Gasteiger partial charge in [-0.3, -0.25) is 0 Å². The molecular formula is C14H16ClFN2. The number of unbranched alkanes of at least 4 members (excludes halogenated alkanes) is 1. The molecule has 0 saturated heterocycles. The second-order valence-electron chi connectivity index (χ2n) is 4.28. The van der Waals surface area contributed by atoms with Gasteiger partial charge in [-0.1, -0.05) is 31.0 Å². The summed E-state index contributed by atoms with van der Waals surface area (Å²) in [6.45, 7) is 2.57. The molecule has 2 nitrogen and oxygen atoms in total. The van der Waals surface area contributed by atoms with E-state index in [4.69, 9.17) is 11.6 Å². The van der Waals surface area contributed by atoms with Crippen LogP contribution in [-0.4, -0.2) is 9.55 Å². The number of nitrogens with zero attached hydrogens (tertiary/aromatic N) is 2. The summed E-state index contributed by atoms with van der Waals surface area (Å²) in [6, 6.07) is 4.76. The van der Waals surface area contributed by atoms with Gasteiger partial charge in [0, 0.05) is 29.4 Å². The first kappa shape index (κ1) is 13.1. The Balaban J connectivity index is 2.21. The average molecular weight is 267 g/mol. The Labute approximate surface area is 111 Å². The molecule has 1 aromatic heterocycles. The molecule has 0 fully saturated rings. The van der Waals surface area contributed by atoms with Crippen molar-refractivity contribution in [1.29, 1.82) is 0 Å². The summed E-state index contributed by atoms with van der Waals surface area (Å²) in [5.41, 5.74) is 0.523. The highest BCUT2D eigenvalue weighted by atomic mass is 35.5. The van der Waals surface area contributed by atoms with Crippen molar-refractivity contribution in [2.45, 2.75) is 32.7 Å². The molecule has 2 rings (SSSR count). The molecule has 18 heavy (non-hydrogen) atoms. The number of hydrogen-bond donors (Lipinski definition) is 0. The molecule has 2 aromatic rings. The minimum atomic E-state index is -0.266. The predicted molar refractivity (Wildman–Crippen MR) is 71.4 cm³/mol. The van der Waals surface area contributed by atoms with Gasteiger partial charge in [0.25, 0.3) is 0 Å². The fourth-order valence-electron chi connectivity index (χ4n) is 1.90. The quantitative estimate of drug-likeness (QED) is 0.798. The van der Waals surface area contributed by atoms with E-state index in [1.807, 2.05) is 10.8 Å². The van der Waals surface area contributed by atoms with Crippen LogP contribution >= 0.6 is 11.6 Å². The molecule has 0 saturated carbocycles. The van der Waals surface area contributed by atoms with Gasteiger partial charge in [0.05, 0.1) is 6.54 Å². The fourth-order valence-corrected chi connectivity index (χ4v) is 2.12. The van der Waals surface area contributed by atoms with Crippen LogP contribution in [0.3, 0.4) is 0 Å². The Morgan fingerprint density at radius 1 is 1.39 bits per heavy atom. The number of rotatable bonds is 5. The van der Waals surface area contributed by atoms with Crippen molar-refractivity contribution in [1.82, 2.24) is 9.55 Å². The maximum Gasteiger partial charge on any atom is 0.129 e. The molecule has 0 atom stereocenters. The van der Waals surface area contributed by atoms with E-state index < -0.39 is 0 Å². The second-order valence-corrected chi connectivity index (χ2v) is 4.68. The second kappa shape index (κ2) is 6.01. The average Bonchev–Trinajstić information content (AvgIpc) is 2.79. The van der Waals surface area contributed by atoms with Crippen LogP contribution in [-0.2, 0) is 13.0 Å². The zero-order chi connectivity index (χ0) is 13.0. The van der Waals surface area contributed by atoms with Gasteiger partial charge in [-0.15, -0.1) is 0 Å². The first-order chi connectivity index (χ1) is 8.72. The highest BCUT2D eigenvalue weighted by Crippen LogP contribution is 2.20. The third-order valence-electron chi connectivity index (χ3n) is 2.95. The standard InChI is InChI=1S/C14H16ClFN2/c1-2-3-7-14-17-8-9-18(14)10-11-12(15)5-4-6-13(11)16/h4-6,8-9H,2-3,7,10H2,1H3. The minimum absolute atomic E-state index is 0.266. The van der Waals surface area contributed by atoms with E-state index in [0.29, 0.717) is 17.1 Å². The topological polar surface area (TPSA) is 17.8 Å². The first-order valence-electron chi connectivity index (χ1n) is 6.15. The smallest absolute Gasteiger partial charge is 0.129 e. The molecule has 0 aliphatic rings. The molecule has 0 spiro atoms. The van der Waals surface area contributed by atoms with E-state index >= 15 is 0 Å². The molecule has 0 unspecified atom stereocenters. The summed E-state index contributed by atoms with van der Waals surface area (Å²) in [4.78, 5) is 4.31. The predicted octanol–water partition coefficient (Wildman–Crippen LogP) is 4.07. The lowest BCUT2D eigenvalue weighted by atomic mass is 10.2. The number of imidazole rings is 1. The lowest BCUT2D eigenvalue weighted by molar-refractivity contribution is 0.591. The molecule has 1 aromatic carbocycles. The summed E-state index contributed by atoms with van der Waals surface area (Å²) in [5, 5.41) is 0.463. The molecular weight excluding hydrogens is 251 g/mol. The highest BCUT2D eigenvalue weighted by Gasteiger charge is 2.09. The van der Waals surface area contributed by atoms with Crippen molar-refractivity contribution in [3.63, 3.8) is 0 Å². The molecule has 0 radical (unpaired) electrons. The lowest BCUT2D eigenvalue weighted by Gasteiger charge is -2.10. The van der Waals surface area contributed by atoms with Gasteiger partial charge in [-0.25, -0.2) is 9.37 Å².